The number of hydrogen-bond acceptors (Lipinski definition) is 7. The Kier molecular flexibility index (Phi) is 19.2. The van der Waals surface area contributed by atoms with Crippen LogP contribution >= 0.6 is 23.6 Å². The summed E-state index contributed by atoms with van der Waals surface area (Å²) in [6, 6.07) is 15.4. The third-order valence-electron chi connectivity index (χ3n) is 10.6. The number of amides is 1. The van der Waals surface area contributed by atoms with Gasteiger partial charge < -0.3 is 28.3 Å². The molecule has 10 heteroatoms. The van der Waals surface area contributed by atoms with Crippen LogP contribution in [0, 0.1) is 0 Å². The Labute approximate surface area is 352 Å². The summed E-state index contributed by atoms with van der Waals surface area (Å²) in [4.78, 5) is 16.1. The van der Waals surface area contributed by atoms with Gasteiger partial charge in [0.05, 0.1) is 33.0 Å². The van der Waals surface area contributed by atoms with E-state index in [1.165, 1.54) is 34.3 Å². The van der Waals surface area contributed by atoms with Gasteiger partial charge in [-0.2, -0.15) is 0 Å². The van der Waals surface area contributed by atoms with Crippen LogP contribution in [0.2, 0.25) is 0 Å². The van der Waals surface area contributed by atoms with Gasteiger partial charge in [0.25, 0.3) is 0 Å². The van der Waals surface area contributed by atoms with E-state index in [-0.39, 0.29) is 16.7 Å². The number of rotatable bonds is 24. The first-order valence-corrected chi connectivity index (χ1v) is 22.4. The molecule has 0 atom stereocenters. The molecule has 0 bridgehead atoms. The molecule has 3 aliphatic rings. The van der Waals surface area contributed by atoms with E-state index in [1.807, 2.05) is 0 Å². The standard InChI is InChI=1S/C47H68ClN3O5S/c1-9-50(10-2)37-22-24-39-36(33-44(46(3,4)5)56-42(39)34-37)19-18-20-43-47(6,7)40-35-38(57-53-8)23-25-41(40)51(43)28-16-13-14-21-45(52)49-27-30-55-32-31-54-29-17-12-11-15-26-48/h18-20,22-25,33-35H,9-17,21,26-32H2,1-8H3/p+1. The predicted octanol–water partition coefficient (Wildman–Crippen LogP) is 10.4. The van der Waals surface area contributed by atoms with Crippen LogP contribution in [-0.2, 0) is 29.3 Å². The predicted molar refractivity (Wildman–Crippen MR) is 239 cm³/mol. The molecule has 1 aromatic carbocycles. The number of benzene rings is 2. The molecule has 0 radical (unpaired) electrons. The maximum Gasteiger partial charge on any atom is 0.220 e. The Balaban J connectivity index is 1.40. The van der Waals surface area contributed by atoms with E-state index < -0.39 is 0 Å². The summed E-state index contributed by atoms with van der Waals surface area (Å²) < 4.78 is 25.6. The summed E-state index contributed by atoms with van der Waals surface area (Å²) in [6.45, 7) is 21.2. The van der Waals surface area contributed by atoms with Crippen molar-refractivity contribution in [3.05, 3.63) is 82.6 Å². The molecule has 314 valence electrons. The lowest BCUT2D eigenvalue weighted by Gasteiger charge is -2.27. The van der Waals surface area contributed by atoms with Crippen LogP contribution in [0.3, 0.4) is 0 Å². The first-order chi connectivity index (χ1) is 27.4. The second kappa shape index (κ2) is 23.5. The van der Waals surface area contributed by atoms with Crippen molar-refractivity contribution in [3.63, 3.8) is 0 Å². The number of hydrogen-bond donors (Lipinski definition) is 1. The summed E-state index contributed by atoms with van der Waals surface area (Å²) in [5.74, 6) is 2.67. The highest BCUT2D eigenvalue weighted by molar-refractivity contribution is 7.94. The van der Waals surface area contributed by atoms with Gasteiger partial charge >= 0.3 is 0 Å². The molecule has 0 fully saturated rings. The van der Waals surface area contributed by atoms with Crippen molar-refractivity contribution in [2.24, 2.45) is 0 Å². The van der Waals surface area contributed by atoms with Crippen LogP contribution < -0.4 is 20.1 Å². The van der Waals surface area contributed by atoms with Crippen LogP contribution in [0.25, 0.3) is 17.4 Å². The fourth-order valence-electron chi connectivity index (χ4n) is 7.34. The maximum atomic E-state index is 12.6. The molecule has 1 N–H and O–H groups in total. The summed E-state index contributed by atoms with van der Waals surface area (Å²) in [5.41, 5.74) is 5.66. The van der Waals surface area contributed by atoms with Gasteiger partial charge in [-0.25, -0.2) is 4.58 Å². The molecule has 0 aromatic heterocycles. The highest BCUT2D eigenvalue weighted by atomic mass is 35.5. The maximum absolute atomic E-state index is 12.6. The minimum atomic E-state index is -0.217. The minimum absolute atomic E-state index is 0.0773. The lowest BCUT2D eigenvalue weighted by Crippen LogP contribution is -2.29. The van der Waals surface area contributed by atoms with Crippen molar-refractivity contribution in [1.29, 1.82) is 0 Å². The molecule has 4 rings (SSSR count). The number of nitrogens with one attached hydrogen (secondary N) is 1. The topological polar surface area (TPSA) is 76.2 Å². The van der Waals surface area contributed by atoms with Crippen molar-refractivity contribution >= 4 is 41.3 Å². The van der Waals surface area contributed by atoms with Gasteiger partial charge in [0.15, 0.2) is 0 Å². The minimum Gasteiger partial charge on any atom is -0.460 e. The van der Waals surface area contributed by atoms with Crippen molar-refractivity contribution < 1.29 is 22.9 Å². The highest BCUT2D eigenvalue weighted by Gasteiger charge is 2.39. The average molecular weight is 824 g/mol. The van der Waals surface area contributed by atoms with Crippen molar-refractivity contribution in [2.75, 3.05) is 70.5 Å². The van der Waals surface area contributed by atoms with Gasteiger partial charge in [0.2, 0.25) is 11.3 Å². The summed E-state index contributed by atoms with van der Waals surface area (Å²) in [5, 5.41) is 4.18. The van der Waals surface area contributed by atoms with Crippen molar-refractivity contribution in [1.82, 2.24) is 9.89 Å². The molecule has 0 unspecified atom stereocenters. The number of carbonyl (C=O) groups is 1. The number of unbranched alkanes of at least 4 members (excludes halogenated alkanes) is 5. The zero-order valence-corrected chi connectivity index (χ0v) is 37.6. The van der Waals surface area contributed by atoms with Crippen LogP contribution in [0.1, 0.15) is 117 Å². The van der Waals surface area contributed by atoms with Gasteiger partial charge in [-0.3, -0.25) is 4.79 Å². The van der Waals surface area contributed by atoms with E-state index in [0.29, 0.717) is 32.8 Å². The van der Waals surface area contributed by atoms with Crippen molar-refractivity contribution in [3.8, 4) is 11.3 Å². The number of alkyl halides is 1. The third kappa shape index (κ3) is 13.7. The highest BCUT2D eigenvalue weighted by Crippen LogP contribution is 2.49. The largest absolute Gasteiger partial charge is 0.460 e. The first kappa shape index (κ1) is 46.6. The summed E-state index contributed by atoms with van der Waals surface area (Å²) in [7, 11) is 1.71. The van der Waals surface area contributed by atoms with E-state index in [2.05, 4.69) is 124 Å². The van der Waals surface area contributed by atoms with Crippen molar-refractivity contribution in [2.45, 2.75) is 116 Å². The number of halogens is 1. The Morgan fingerprint density at radius 3 is 2.39 bits per heavy atom. The molecular formula is C47H69ClN3O5S+. The Hall–Kier alpha value is -3.08. The number of anilines is 1. The van der Waals surface area contributed by atoms with E-state index in [0.717, 1.165) is 105 Å². The van der Waals surface area contributed by atoms with Gasteiger partial charge in [0, 0.05) is 82.8 Å². The van der Waals surface area contributed by atoms with Gasteiger partial charge in [-0.15, -0.1) is 11.6 Å². The Morgan fingerprint density at radius 1 is 0.930 bits per heavy atom. The molecule has 0 saturated carbocycles. The number of fused-ring (bicyclic) bond motifs is 2. The molecule has 1 aromatic rings. The molecular weight excluding hydrogens is 754 g/mol. The Bertz CT molecular complexity index is 1800. The molecule has 2 heterocycles. The van der Waals surface area contributed by atoms with Crippen LogP contribution in [0.15, 0.2) is 69.6 Å². The summed E-state index contributed by atoms with van der Waals surface area (Å²) in [6.07, 6.45) is 14.4. The zero-order valence-electron chi connectivity index (χ0n) is 36.0. The molecule has 0 saturated heterocycles. The van der Waals surface area contributed by atoms with Crippen LogP contribution in [0.5, 0.6) is 0 Å². The second-order valence-electron chi connectivity index (χ2n) is 16.3. The van der Waals surface area contributed by atoms with E-state index in [1.54, 1.807) is 7.11 Å². The van der Waals surface area contributed by atoms with E-state index >= 15 is 0 Å². The fourth-order valence-corrected chi connectivity index (χ4v) is 8.01. The molecule has 0 spiro atoms. The quantitative estimate of drug-likeness (QED) is 0.0417. The number of allylic oxidation sites excluding steroid dienone is 3. The number of ether oxygens (including phenoxy) is 2. The molecule has 57 heavy (non-hydrogen) atoms. The molecule has 1 amide bonds. The summed E-state index contributed by atoms with van der Waals surface area (Å²) >= 11 is 7.11. The number of carbonyl (C=O) groups excluding carboxylic acids is 1. The average Bonchev–Trinajstić information content (AvgIpc) is 3.39. The Morgan fingerprint density at radius 2 is 1.67 bits per heavy atom. The fraction of sp³-hybridized carbons (Fsp3) is 0.574. The van der Waals surface area contributed by atoms with Gasteiger partial charge in [-0.1, -0.05) is 66.0 Å². The van der Waals surface area contributed by atoms with Gasteiger partial charge in [0.1, 0.15) is 24.6 Å². The lowest BCUT2D eigenvalue weighted by atomic mass is 9.83. The smallest absolute Gasteiger partial charge is 0.220 e. The third-order valence-corrected chi connectivity index (χ3v) is 11.5. The lowest BCUT2D eigenvalue weighted by molar-refractivity contribution is -0.121. The van der Waals surface area contributed by atoms with E-state index in [9.17, 15) is 4.79 Å². The normalized spacial score (nSPS) is 14.6. The zero-order chi connectivity index (χ0) is 41.3. The van der Waals surface area contributed by atoms with E-state index in [4.69, 9.17) is 29.7 Å². The molecule has 2 aliphatic heterocycles. The molecule has 1 aliphatic carbocycles. The first-order valence-electron chi connectivity index (χ1n) is 21.1. The monoisotopic (exact) mass is 822 g/mol. The molecule has 8 nitrogen and oxygen atoms in total. The van der Waals surface area contributed by atoms with Gasteiger partial charge in [-0.05, 0) is 87.1 Å². The SMILES string of the molecule is CC[N+](CC)=c1ccc2c(/C=C/C=C3/N(CCCCCC(=O)NCCOCCOCCCCCCCl)c4ccc(SOC)cc4C3(C)C)cc(C(C)(C)C)oc-2c1. The van der Waals surface area contributed by atoms with Crippen LogP contribution in [0.4, 0.5) is 5.69 Å². The van der Waals surface area contributed by atoms with Crippen LogP contribution in [-0.4, -0.2) is 71.5 Å². The second-order valence-corrected chi connectivity index (χ2v) is 17.6. The number of nitrogens with zero attached hydrogens (tertiary/aromatic N) is 2.